The van der Waals surface area contributed by atoms with E-state index in [0.717, 1.165) is 10.3 Å². The summed E-state index contributed by atoms with van der Waals surface area (Å²) >= 11 is 1.51. The van der Waals surface area contributed by atoms with Crippen molar-refractivity contribution in [2.75, 3.05) is 7.11 Å². The smallest absolute Gasteiger partial charge is 0.339 e. The van der Waals surface area contributed by atoms with Crippen molar-refractivity contribution < 1.29 is 14.3 Å². The second-order valence-corrected chi connectivity index (χ2v) is 7.82. The van der Waals surface area contributed by atoms with Gasteiger partial charge in [0.2, 0.25) is 5.78 Å². The van der Waals surface area contributed by atoms with Gasteiger partial charge in [-0.1, -0.05) is 24.3 Å². The van der Waals surface area contributed by atoms with Gasteiger partial charge in [-0.3, -0.25) is 9.59 Å². The zero-order chi connectivity index (χ0) is 21.4. The van der Waals surface area contributed by atoms with E-state index in [-0.39, 0.29) is 23.6 Å². The minimum absolute atomic E-state index is 0.247. The van der Waals surface area contributed by atoms with Crippen LogP contribution >= 0.6 is 11.3 Å². The Balaban J connectivity index is 1.80. The fourth-order valence-electron chi connectivity index (χ4n) is 3.59. The number of rotatable bonds is 5. The highest BCUT2D eigenvalue weighted by Gasteiger charge is 2.23. The van der Waals surface area contributed by atoms with Gasteiger partial charge < -0.3 is 9.72 Å². The molecule has 0 atom stereocenters. The van der Waals surface area contributed by atoms with Gasteiger partial charge in [-0.25, -0.2) is 9.48 Å². The van der Waals surface area contributed by atoms with Gasteiger partial charge in [0.1, 0.15) is 12.2 Å². The number of benzene rings is 1. The summed E-state index contributed by atoms with van der Waals surface area (Å²) in [6.45, 7) is 3.13. The number of esters is 1. The van der Waals surface area contributed by atoms with Crippen LogP contribution in [0.5, 0.6) is 0 Å². The minimum atomic E-state index is -0.513. The summed E-state index contributed by atoms with van der Waals surface area (Å²) in [5, 5.41) is 7.69. The maximum atomic E-state index is 13.0. The number of ether oxygens (including phenoxy) is 1. The van der Waals surface area contributed by atoms with E-state index in [2.05, 4.69) is 10.1 Å². The summed E-state index contributed by atoms with van der Waals surface area (Å²) in [5.74, 6) is -0.853. The van der Waals surface area contributed by atoms with E-state index >= 15 is 0 Å². The summed E-state index contributed by atoms with van der Waals surface area (Å²) in [7, 11) is 1.29. The topological polar surface area (TPSA) is 94.1 Å². The molecule has 3 aromatic heterocycles. The molecular weight excluding hydrogens is 402 g/mol. The number of aromatic amines is 1. The number of Topliss-reactive ketones (excluding diaryl/α,β-unsaturated/α-hetero) is 1. The Morgan fingerprint density at radius 3 is 2.53 bits per heavy atom. The van der Waals surface area contributed by atoms with Crippen LogP contribution in [-0.4, -0.2) is 33.6 Å². The number of thiophene rings is 1. The van der Waals surface area contributed by atoms with E-state index in [1.54, 1.807) is 26.0 Å². The van der Waals surface area contributed by atoms with Gasteiger partial charge in [-0.2, -0.15) is 5.10 Å². The molecule has 0 bridgehead atoms. The number of aryl methyl sites for hydroxylation is 1. The number of carbonyl (C=O) groups is 2. The Labute approximate surface area is 175 Å². The molecule has 0 saturated heterocycles. The third kappa shape index (κ3) is 3.25. The third-order valence-electron chi connectivity index (χ3n) is 5.02. The Kier molecular flexibility index (Phi) is 5.09. The van der Waals surface area contributed by atoms with E-state index in [0.29, 0.717) is 27.9 Å². The highest BCUT2D eigenvalue weighted by Crippen LogP contribution is 2.28. The molecule has 0 radical (unpaired) electrons. The fraction of sp³-hybridized carbons (Fsp3) is 0.182. The molecule has 3 heterocycles. The molecule has 4 rings (SSSR count). The summed E-state index contributed by atoms with van der Waals surface area (Å²) in [6, 6.07) is 11.1. The molecule has 8 heteroatoms. The minimum Gasteiger partial charge on any atom is -0.465 e. The second-order valence-electron chi connectivity index (χ2n) is 6.87. The lowest BCUT2D eigenvalue weighted by molar-refractivity contribution is 0.0599. The molecule has 30 heavy (non-hydrogen) atoms. The van der Waals surface area contributed by atoms with Crippen molar-refractivity contribution in [3.63, 3.8) is 0 Å². The standard InChI is InChI=1S/C22H19N3O4S/c1-12-18(22(28)29-3)13(2)23-19(12)16(26)11-25-21(27)15-8-5-4-7-14(15)20(24-25)17-9-6-10-30-17/h4-10,23H,11H2,1-3H3. The number of carbonyl (C=O) groups excluding carboxylic acids is 2. The van der Waals surface area contributed by atoms with Crippen molar-refractivity contribution in [2.45, 2.75) is 20.4 Å². The normalized spacial score (nSPS) is 11.0. The van der Waals surface area contributed by atoms with E-state index in [4.69, 9.17) is 4.74 Å². The molecule has 0 unspecified atom stereocenters. The summed E-state index contributed by atoms with van der Waals surface area (Å²) in [4.78, 5) is 41.9. The Bertz CT molecular complexity index is 1330. The highest BCUT2D eigenvalue weighted by molar-refractivity contribution is 7.13. The van der Waals surface area contributed by atoms with Crippen molar-refractivity contribution in [1.29, 1.82) is 0 Å². The summed E-state index contributed by atoms with van der Waals surface area (Å²) in [5.41, 5.74) is 1.96. The number of aromatic nitrogens is 3. The maximum absolute atomic E-state index is 13.0. The van der Waals surface area contributed by atoms with Crippen molar-refractivity contribution in [3.8, 4) is 10.6 Å². The van der Waals surface area contributed by atoms with Crippen LogP contribution in [0.3, 0.4) is 0 Å². The molecular formula is C22H19N3O4S. The van der Waals surface area contributed by atoms with Crippen molar-refractivity contribution >= 4 is 33.9 Å². The third-order valence-corrected chi connectivity index (χ3v) is 5.90. The molecule has 0 amide bonds. The van der Waals surface area contributed by atoms with Crippen LogP contribution in [0, 0.1) is 13.8 Å². The van der Waals surface area contributed by atoms with Crippen molar-refractivity contribution in [2.24, 2.45) is 0 Å². The number of ketones is 1. The monoisotopic (exact) mass is 421 g/mol. The van der Waals surface area contributed by atoms with E-state index in [1.165, 1.54) is 23.1 Å². The lowest BCUT2D eigenvalue weighted by atomic mass is 10.1. The molecule has 1 aromatic carbocycles. The number of H-pyrrole nitrogens is 1. The average Bonchev–Trinajstić information content (AvgIpc) is 3.37. The molecule has 7 nitrogen and oxygen atoms in total. The maximum Gasteiger partial charge on any atom is 0.339 e. The van der Waals surface area contributed by atoms with Gasteiger partial charge in [0.15, 0.2) is 0 Å². The van der Waals surface area contributed by atoms with Gasteiger partial charge in [0.25, 0.3) is 5.56 Å². The Morgan fingerprint density at radius 1 is 1.13 bits per heavy atom. The first kappa shape index (κ1) is 19.8. The van der Waals surface area contributed by atoms with E-state index < -0.39 is 5.97 Å². The second kappa shape index (κ2) is 7.72. The van der Waals surface area contributed by atoms with Crippen LogP contribution in [-0.2, 0) is 11.3 Å². The first-order valence-electron chi connectivity index (χ1n) is 9.26. The van der Waals surface area contributed by atoms with Gasteiger partial charge in [-0.05, 0) is 36.9 Å². The van der Waals surface area contributed by atoms with Gasteiger partial charge in [-0.15, -0.1) is 11.3 Å². The molecule has 0 spiro atoms. The van der Waals surface area contributed by atoms with E-state index in [9.17, 15) is 14.4 Å². The molecule has 0 saturated carbocycles. The molecule has 0 aliphatic heterocycles. The molecule has 1 N–H and O–H groups in total. The van der Waals surface area contributed by atoms with Crippen LogP contribution in [0.1, 0.15) is 32.1 Å². The number of nitrogens with one attached hydrogen (secondary N) is 1. The first-order valence-corrected chi connectivity index (χ1v) is 10.1. The fourth-order valence-corrected chi connectivity index (χ4v) is 4.31. The van der Waals surface area contributed by atoms with Gasteiger partial charge >= 0.3 is 5.97 Å². The first-order chi connectivity index (χ1) is 14.4. The average molecular weight is 421 g/mol. The summed E-state index contributed by atoms with van der Waals surface area (Å²) < 4.78 is 5.98. The Morgan fingerprint density at radius 2 is 1.87 bits per heavy atom. The van der Waals surface area contributed by atoms with Crippen LogP contribution in [0.15, 0.2) is 46.6 Å². The zero-order valence-electron chi connectivity index (χ0n) is 16.7. The molecule has 0 aliphatic carbocycles. The van der Waals surface area contributed by atoms with Gasteiger partial charge in [0.05, 0.1) is 28.6 Å². The predicted octanol–water partition coefficient (Wildman–Crippen LogP) is 3.74. The zero-order valence-corrected chi connectivity index (χ0v) is 17.5. The van der Waals surface area contributed by atoms with E-state index in [1.807, 2.05) is 29.6 Å². The lowest BCUT2D eigenvalue weighted by Crippen LogP contribution is -2.28. The largest absolute Gasteiger partial charge is 0.465 e. The van der Waals surface area contributed by atoms with Crippen LogP contribution in [0.2, 0.25) is 0 Å². The molecule has 152 valence electrons. The Hall–Kier alpha value is -3.52. The number of fused-ring (bicyclic) bond motifs is 1. The number of hydrogen-bond acceptors (Lipinski definition) is 6. The highest BCUT2D eigenvalue weighted by atomic mass is 32.1. The number of methoxy groups -OCH3 is 1. The van der Waals surface area contributed by atoms with Crippen molar-refractivity contribution in [1.82, 2.24) is 14.8 Å². The van der Waals surface area contributed by atoms with Gasteiger partial charge in [0, 0.05) is 11.1 Å². The lowest BCUT2D eigenvalue weighted by Gasteiger charge is -2.10. The van der Waals surface area contributed by atoms with Crippen LogP contribution in [0.25, 0.3) is 21.3 Å². The summed E-state index contributed by atoms with van der Waals surface area (Å²) in [6.07, 6.45) is 0. The number of hydrogen-bond donors (Lipinski definition) is 1. The quantitative estimate of drug-likeness (QED) is 0.391. The van der Waals surface area contributed by atoms with Crippen LogP contribution < -0.4 is 5.56 Å². The van der Waals surface area contributed by atoms with Crippen LogP contribution in [0.4, 0.5) is 0 Å². The molecule has 0 fully saturated rings. The SMILES string of the molecule is COC(=O)c1c(C)[nH]c(C(=O)Cn2nc(-c3cccs3)c3ccccc3c2=O)c1C. The molecule has 4 aromatic rings. The number of nitrogens with zero attached hydrogens (tertiary/aromatic N) is 2. The predicted molar refractivity (Wildman–Crippen MR) is 115 cm³/mol. The van der Waals surface area contributed by atoms with Crippen molar-refractivity contribution in [3.05, 3.63) is 74.6 Å². The molecule has 0 aliphatic rings.